The lowest BCUT2D eigenvalue weighted by Crippen LogP contribution is -2.01. The van der Waals surface area contributed by atoms with Gasteiger partial charge in [-0.05, 0) is 106 Å². The van der Waals surface area contributed by atoms with Crippen molar-refractivity contribution in [3.05, 3.63) is 204 Å². The van der Waals surface area contributed by atoms with Crippen LogP contribution in [0.4, 0.5) is 0 Å². The smallest absolute Gasteiger partial charge is 0.143 e. The molecule has 7 aromatic carbocycles. The highest BCUT2D eigenvalue weighted by atomic mass is 16.3. The fourth-order valence-electron chi connectivity index (χ4n) is 6.69. The Kier molecular flexibility index (Phi) is 9.90. The number of hydrogen-bond acceptors (Lipinski definition) is 2. The summed E-state index contributed by atoms with van der Waals surface area (Å²) in [5, 5.41) is 15.9. The summed E-state index contributed by atoms with van der Waals surface area (Å²) in [5.74, 6) is 0. The minimum atomic E-state index is 0.434. The summed E-state index contributed by atoms with van der Waals surface area (Å²) in [5.41, 5.74) is 11.0. The molecule has 0 aliphatic rings. The number of fused-ring (bicyclic) bond motifs is 6. The summed E-state index contributed by atoms with van der Waals surface area (Å²) in [6, 6.07) is 48.1. The molecule has 8 aromatic rings. The van der Waals surface area contributed by atoms with Gasteiger partial charge in [-0.1, -0.05) is 152 Å². The van der Waals surface area contributed by atoms with Crippen LogP contribution in [0, 0.1) is 19.3 Å². The summed E-state index contributed by atoms with van der Waals surface area (Å²) in [4.78, 5) is 0. The van der Waals surface area contributed by atoms with Gasteiger partial charge < -0.3 is 9.83 Å². The molecule has 1 N–H and O–H groups in total. The minimum Gasteiger partial charge on any atom is -0.455 e. The van der Waals surface area contributed by atoms with Crippen molar-refractivity contribution in [2.24, 2.45) is 0 Å². The normalized spacial score (nSPS) is 11.7. The molecule has 2 heteroatoms. The van der Waals surface area contributed by atoms with E-state index in [0.717, 1.165) is 76.9 Å². The molecule has 0 bridgehead atoms. The molecule has 252 valence electrons. The maximum absolute atomic E-state index is 9.26. The maximum Gasteiger partial charge on any atom is 0.143 e. The first-order valence-electron chi connectivity index (χ1n) is 17.7. The Labute approximate surface area is 305 Å². The van der Waals surface area contributed by atoms with Crippen molar-refractivity contribution < 1.29 is 4.42 Å². The van der Waals surface area contributed by atoms with Crippen LogP contribution >= 0.6 is 0 Å². The SMILES string of the molecule is C=C(/C=C\C(=N)c1c(/C=C\C=C/C)cc(-c2ccccc2)c2ccccc12)c1ccc2oc3c4ccccc4ccc3c2c1.Cc1ccccc1C. The number of allylic oxidation sites excluding steroid dienone is 6. The Morgan fingerprint density at radius 3 is 2.02 bits per heavy atom. The van der Waals surface area contributed by atoms with E-state index in [-0.39, 0.29) is 0 Å². The quantitative estimate of drug-likeness (QED) is 0.133. The van der Waals surface area contributed by atoms with Gasteiger partial charge in [0, 0.05) is 21.7 Å². The van der Waals surface area contributed by atoms with Crippen LogP contribution in [0.1, 0.15) is 34.7 Å². The molecular formula is C50H41NO. The third-order valence-electron chi connectivity index (χ3n) is 9.62. The minimum absolute atomic E-state index is 0.434. The van der Waals surface area contributed by atoms with Crippen molar-refractivity contribution in [1.82, 2.24) is 0 Å². The van der Waals surface area contributed by atoms with Gasteiger partial charge in [0.15, 0.2) is 0 Å². The number of aryl methyl sites for hydroxylation is 2. The van der Waals surface area contributed by atoms with Crippen molar-refractivity contribution in [2.45, 2.75) is 20.8 Å². The van der Waals surface area contributed by atoms with Gasteiger partial charge in [0.1, 0.15) is 11.2 Å². The lowest BCUT2D eigenvalue weighted by Gasteiger charge is -2.15. The Morgan fingerprint density at radius 1 is 0.615 bits per heavy atom. The molecule has 0 spiro atoms. The highest BCUT2D eigenvalue weighted by Crippen LogP contribution is 2.37. The van der Waals surface area contributed by atoms with Crippen LogP contribution in [0.5, 0.6) is 0 Å². The van der Waals surface area contributed by atoms with Gasteiger partial charge in [-0.25, -0.2) is 0 Å². The van der Waals surface area contributed by atoms with Gasteiger partial charge in [0.2, 0.25) is 0 Å². The van der Waals surface area contributed by atoms with Gasteiger partial charge in [-0.15, -0.1) is 0 Å². The first kappa shape index (κ1) is 34.0. The zero-order valence-corrected chi connectivity index (χ0v) is 29.9. The number of nitrogens with one attached hydrogen (secondary N) is 1. The molecule has 52 heavy (non-hydrogen) atoms. The second-order valence-electron chi connectivity index (χ2n) is 13.0. The third kappa shape index (κ3) is 6.92. The fraction of sp³-hybridized carbons (Fsp3) is 0.0600. The van der Waals surface area contributed by atoms with Gasteiger partial charge in [-0.3, -0.25) is 0 Å². The Balaban J connectivity index is 0.000000466. The molecule has 0 saturated heterocycles. The van der Waals surface area contributed by atoms with Crippen LogP contribution in [0.3, 0.4) is 0 Å². The highest BCUT2D eigenvalue weighted by molar-refractivity contribution is 6.20. The zero-order chi connectivity index (χ0) is 36.0. The third-order valence-corrected chi connectivity index (χ3v) is 9.62. The lowest BCUT2D eigenvalue weighted by molar-refractivity contribution is 0.672. The molecule has 0 aliphatic heterocycles. The van der Waals surface area contributed by atoms with E-state index in [0.29, 0.717) is 5.71 Å². The van der Waals surface area contributed by atoms with E-state index in [9.17, 15) is 5.41 Å². The molecule has 0 aliphatic carbocycles. The Morgan fingerprint density at radius 2 is 1.29 bits per heavy atom. The van der Waals surface area contributed by atoms with Crippen molar-refractivity contribution in [3.63, 3.8) is 0 Å². The molecular weight excluding hydrogens is 631 g/mol. The topological polar surface area (TPSA) is 37.0 Å². The first-order valence-corrected chi connectivity index (χ1v) is 17.7. The van der Waals surface area contributed by atoms with Crippen molar-refractivity contribution in [1.29, 1.82) is 5.41 Å². The number of furan rings is 1. The number of hydrogen-bond donors (Lipinski definition) is 1. The van der Waals surface area contributed by atoms with Crippen LogP contribution in [-0.2, 0) is 0 Å². The van der Waals surface area contributed by atoms with Crippen molar-refractivity contribution >= 4 is 60.8 Å². The summed E-state index contributed by atoms with van der Waals surface area (Å²) >= 11 is 0. The molecule has 8 rings (SSSR count). The molecule has 1 aromatic heterocycles. The highest BCUT2D eigenvalue weighted by Gasteiger charge is 2.15. The molecule has 1 heterocycles. The van der Waals surface area contributed by atoms with Crippen LogP contribution in [-0.4, -0.2) is 5.71 Å². The molecule has 0 radical (unpaired) electrons. The van der Waals surface area contributed by atoms with E-state index in [1.165, 1.54) is 11.1 Å². The lowest BCUT2D eigenvalue weighted by atomic mass is 9.88. The number of benzene rings is 7. The van der Waals surface area contributed by atoms with Crippen molar-refractivity contribution in [2.75, 3.05) is 0 Å². The monoisotopic (exact) mass is 671 g/mol. The van der Waals surface area contributed by atoms with Crippen molar-refractivity contribution in [3.8, 4) is 11.1 Å². The summed E-state index contributed by atoms with van der Waals surface area (Å²) in [6.07, 6.45) is 12.0. The summed E-state index contributed by atoms with van der Waals surface area (Å²) in [7, 11) is 0. The largest absolute Gasteiger partial charge is 0.455 e. The van der Waals surface area contributed by atoms with Crippen LogP contribution in [0.2, 0.25) is 0 Å². The Bertz CT molecular complexity index is 2660. The van der Waals surface area contributed by atoms with Gasteiger partial charge >= 0.3 is 0 Å². The van der Waals surface area contributed by atoms with E-state index in [4.69, 9.17) is 4.42 Å². The van der Waals surface area contributed by atoms with Crippen LogP contribution in [0.25, 0.3) is 66.3 Å². The summed E-state index contributed by atoms with van der Waals surface area (Å²) in [6.45, 7) is 10.6. The zero-order valence-electron chi connectivity index (χ0n) is 29.9. The molecule has 0 amide bonds. The average molecular weight is 672 g/mol. The maximum atomic E-state index is 9.26. The van der Waals surface area contributed by atoms with Gasteiger partial charge in [0.05, 0.1) is 5.71 Å². The first-order chi connectivity index (χ1) is 25.4. The van der Waals surface area contributed by atoms with Gasteiger partial charge in [-0.2, -0.15) is 0 Å². The van der Waals surface area contributed by atoms with E-state index < -0.39 is 0 Å². The second kappa shape index (κ2) is 15.2. The van der Waals surface area contributed by atoms with Gasteiger partial charge in [0.25, 0.3) is 0 Å². The van der Waals surface area contributed by atoms with Crippen LogP contribution in [0.15, 0.2) is 181 Å². The fourth-order valence-corrected chi connectivity index (χ4v) is 6.69. The van der Waals surface area contributed by atoms with E-state index in [2.05, 4.69) is 130 Å². The summed E-state index contributed by atoms with van der Waals surface area (Å²) < 4.78 is 6.30. The van der Waals surface area contributed by atoms with Crippen LogP contribution < -0.4 is 0 Å². The van der Waals surface area contributed by atoms with E-state index >= 15 is 0 Å². The predicted octanol–water partition coefficient (Wildman–Crippen LogP) is 14.1. The molecule has 0 unspecified atom stereocenters. The molecule has 0 fully saturated rings. The van der Waals surface area contributed by atoms with E-state index in [1.54, 1.807) is 0 Å². The molecule has 0 saturated carbocycles. The Hall–Kier alpha value is -6.51. The van der Waals surface area contributed by atoms with E-state index in [1.807, 2.05) is 73.7 Å². The average Bonchev–Trinajstić information content (AvgIpc) is 3.57. The second-order valence-corrected chi connectivity index (χ2v) is 13.0. The number of rotatable bonds is 7. The predicted molar refractivity (Wildman–Crippen MR) is 225 cm³/mol. The standard InChI is InChI=1S/C42H31NO.C8H10/c1-3-4-6-16-32-27-37(29-13-7-5-8-14-29)34-18-11-12-19-35(34)41(32)39(43)24-20-28(2)31-22-25-40-38(26-31)36-23-21-30-15-9-10-17-33(30)42(36)44-40;1-7-5-3-4-6-8(7)2/h3-27,43H,2H2,1H3;3-6H,1-2H3/b4-3-,16-6-,24-20-,43-39?;. The molecule has 2 nitrogen and oxygen atoms in total. The molecule has 0 atom stereocenters.